The highest BCUT2D eigenvalue weighted by Gasteiger charge is 2.18. The lowest BCUT2D eigenvalue weighted by atomic mass is 10.1. The summed E-state index contributed by atoms with van der Waals surface area (Å²) in [4.78, 5) is 12.4. The second-order valence-corrected chi connectivity index (χ2v) is 8.92. The molecule has 1 N–H and O–H groups in total. The Morgan fingerprint density at radius 2 is 1.48 bits per heavy atom. The quantitative estimate of drug-likeness (QED) is 0.272. The van der Waals surface area contributed by atoms with Crippen molar-refractivity contribution in [3.05, 3.63) is 104 Å². The summed E-state index contributed by atoms with van der Waals surface area (Å²) >= 11 is 24.5. The molecule has 0 unspecified atom stereocenters. The van der Waals surface area contributed by atoms with Gasteiger partial charge in [0.2, 0.25) is 5.91 Å². The van der Waals surface area contributed by atoms with E-state index in [1.807, 2.05) is 31.2 Å². The smallest absolute Gasteiger partial charge is 0.248 e. The van der Waals surface area contributed by atoms with E-state index >= 15 is 0 Å². The zero-order chi connectivity index (χ0) is 23.5. The van der Waals surface area contributed by atoms with Crippen molar-refractivity contribution in [3.8, 4) is 16.9 Å². The van der Waals surface area contributed by atoms with Gasteiger partial charge in [0, 0.05) is 38.0 Å². The Morgan fingerprint density at radius 1 is 0.879 bits per heavy atom. The second-order valence-electron chi connectivity index (χ2n) is 7.20. The number of nitrogens with zero attached hydrogens (tertiary/aromatic N) is 2. The SMILES string of the molecule is Cc1c(/C=C/C(=O)Nc2ccc(Cl)cc2)nn(-c2ccc(Cl)cc2Cl)c1-c1ccc(Cl)cc1. The number of benzene rings is 3. The summed E-state index contributed by atoms with van der Waals surface area (Å²) in [5.74, 6) is -0.288. The molecule has 0 radical (unpaired) electrons. The summed E-state index contributed by atoms with van der Waals surface area (Å²) in [6, 6.07) is 19.5. The summed E-state index contributed by atoms with van der Waals surface area (Å²) in [6.45, 7) is 1.94. The van der Waals surface area contributed by atoms with Crippen LogP contribution in [0.3, 0.4) is 0 Å². The Morgan fingerprint density at radius 3 is 2.12 bits per heavy atom. The van der Waals surface area contributed by atoms with E-state index in [0.717, 1.165) is 16.8 Å². The molecule has 4 rings (SSSR count). The zero-order valence-corrected chi connectivity index (χ0v) is 20.3. The number of anilines is 1. The van der Waals surface area contributed by atoms with Crippen LogP contribution in [0.15, 0.2) is 72.8 Å². The van der Waals surface area contributed by atoms with E-state index in [4.69, 9.17) is 51.5 Å². The number of hydrogen-bond acceptors (Lipinski definition) is 2. The molecule has 0 bridgehead atoms. The maximum Gasteiger partial charge on any atom is 0.248 e. The molecule has 1 heterocycles. The number of carbonyl (C=O) groups excluding carboxylic acids is 1. The zero-order valence-electron chi connectivity index (χ0n) is 17.3. The highest BCUT2D eigenvalue weighted by atomic mass is 35.5. The number of amides is 1. The van der Waals surface area contributed by atoms with Crippen LogP contribution in [-0.4, -0.2) is 15.7 Å². The summed E-state index contributed by atoms with van der Waals surface area (Å²) in [7, 11) is 0. The predicted molar refractivity (Wildman–Crippen MR) is 138 cm³/mol. The first kappa shape index (κ1) is 23.4. The van der Waals surface area contributed by atoms with E-state index in [-0.39, 0.29) is 5.91 Å². The van der Waals surface area contributed by atoms with Gasteiger partial charge in [-0.05, 0) is 67.6 Å². The molecular formula is C25H17Cl4N3O. The van der Waals surface area contributed by atoms with Crippen molar-refractivity contribution in [2.75, 3.05) is 5.32 Å². The Kier molecular flexibility index (Phi) is 7.11. The van der Waals surface area contributed by atoms with Crippen molar-refractivity contribution in [1.29, 1.82) is 0 Å². The molecule has 0 aliphatic carbocycles. The third kappa shape index (κ3) is 5.43. The molecule has 0 fully saturated rings. The highest BCUT2D eigenvalue weighted by Crippen LogP contribution is 2.33. The Labute approximate surface area is 211 Å². The van der Waals surface area contributed by atoms with Crippen molar-refractivity contribution in [2.45, 2.75) is 6.92 Å². The van der Waals surface area contributed by atoms with Gasteiger partial charge in [0.1, 0.15) is 0 Å². The Balaban J connectivity index is 1.73. The minimum absolute atomic E-state index is 0.288. The maximum atomic E-state index is 12.4. The minimum atomic E-state index is -0.288. The molecule has 4 nitrogen and oxygen atoms in total. The van der Waals surface area contributed by atoms with E-state index in [9.17, 15) is 4.79 Å². The lowest BCUT2D eigenvalue weighted by Crippen LogP contribution is -2.07. The van der Waals surface area contributed by atoms with Gasteiger partial charge in [0.15, 0.2) is 0 Å². The van der Waals surface area contributed by atoms with Crippen molar-refractivity contribution in [3.63, 3.8) is 0 Å². The van der Waals surface area contributed by atoms with Crippen LogP contribution < -0.4 is 5.32 Å². The first-order valence-electron chi connectivity index (χ1n) is 9.87. The fourth-order valence-corrected chi connectivity index (χ4v) is 4.06. The molecule has 166 valence electrons. The van der Waals surface area contributed by atoms with Crippen LogP contribution >= 0.6 is 46.4 Å². The van der Waals surface area contributed by atoms with Crippen LogP contribution in [0.2, 0.25) is 20.1 Å². The van der Waals surface area contributed by atoms with Crippen LogP contribution in [0, 0.1) is 6.92 Å². The number of carbonyl (C=O) groups is 1. The van der Waals surface area contributed by atoms with Gasteiger partial charge >= 0.3 is 0 Å². The van der Waals surface area contributed by atoms with E-state index in [1.54, 1.807) is 53.2 Å². The van der Waals surface area contributed by atoms with E-state index < -0.39 is 0 Å². The van der Waals surface area contributed by atoms with Crippen molar-refractivity contribution < 1.29 is 4.79 Å². The van der Waals surface area contributed by atoms with Crippen LogP contribution in [0.1, 0.15) is 11.3 Å². The van der Waals surface area contributed by atoms with Gasteiger partial charge in [-0.1, -0.05) is 58.5 Å². The van der Waals surface area contributed by atoms with Crippen LogP contribution in [0.5, 0.6) is 0 Å². The van der Waals surface area contributed by atoms with Gasteiger partial charge in [0.05, 0.1) is 22.1 Å². The van der Waals surface area contributed by atoms with Gasteiger partial charge < -0.3 is 5.32 Å². The molecule has 1 amide bonds. The van der Waals surface area contributed by atoms with Crippen LogP contribution in [0.4, 0.5) is 5.69 Å². The monoisotopic (exact) mass is 515 g/mol. The average Bonchev–Trinajstić information content (AvgIpc) is 3.10. The first-order valence-corrected chi connectivity index (χ1v) is 11.4. The molecule has 3 aromatic carbocycles. The van der Waals surface area contributed by atoms with Crippen molar-refractivity contribution in [1.82, 2.24) is 9.78 Å². The topological polar surface area (TPSA) is 46.9 Å². The predicted octanol–water partition coefficient (Wildman–Crippen LogP) is 8.11. The van der Waals surface area contributed by atoms with Crippen molar-refractivity contribution in [2.24, 2.45) is 0 Å². The number of rotatable bonds is 5. The van der Waals surface area contributed by atoms with E-state index in [2.05, 4.69) is 5.32 Å². The van der Waals surface area contributed by atoms with Gasteiger partial charge in [-0.3, -0.25) is 4.79 Å². The van der Waals surface area contributed by atoms with Crippen LogP contribution in [0.25, 0.3) is 23.0 Å². The molecule has 0 saturated heterocycles. The lowest BCUT2D eigenvalue weighted by Gasteiger charge is -2.11. The molecule has 1 aromatic heterocycles. The van der Waals surface area contributed by atoms with Gasteiger partial charge in [-0.15, -0.1) is 0 Å². The molecule has 0 atom stereocenters. The largest absolute Gasteiger partial charge is 0.323 e. The van der Waals surface area contributed by atoms with Gasteiger partial charge in [-0.2, -0.15) is 5.10 Å². The maximum absolute atomic E-state index is 12.4. The molecule has 33 heavy (non-hydrogen) atoms. The van der Waals surface area contributed by atoms with E-state index in [0.29, 0.717) is 37.2 Å². The number of hydrogen-bond donors (Lipinski definition) is 1. The molecule has 4 aromatic rings. The molecule has 8 heteroatoms. The third-order valence-electron chi connectivity index (χ3n) is 4.92. The molecule has 0 spiro atoms. The first-order chi connectivity index (χ1) is 15.8. The number of halogens is 4. The van der Waals surface area contributed by atoms with Crippen molar-refractivity contribution >= 4 is 64.1 Å². The Bertz CT molecular complexity index is 1340. The second kappa shape index (κ2) is 10.0. The normalized spacial score (nSPS) is 11.2. The number of aromatic nitrogens is 2. The fraction of sp³-hybridized carbons (Fsp3) is 0.0400. The fourth-order valence-electron chi connectivity index (χ4n) is 3.32. The number of nitrogens with one attached hydrogen (secondary N) is 1. The van der Waals surface area contributed by atoms with Crippen LogP contribution in [-0.2, 0) is 4.79 Å². The van der Waals surface area contributed by atoms with Gasteiger partial charge in [0.25, 0.3) is 0 Å². The highest BCUT2D eigenvalue weighted by molar-refractivity contribution is 6.35. The summed E-state index contributed by atoms with van der Waals surface area (Å²) in [5, 5.41) is 9.74. The minimum Gasteiger partial charge on any atom is -0.323 e. The molecule has 0 aliphatic heterocycles. The molecule has 0 saturated carbocycles. The summed E-state index contributed by atoms with van der Waals surface area (Å²) in [5.41, 5.74) is 4.54. The Hall–Kier alpha value is -2.76. The average molecular weight is 517 g/mol. The summed E-state index contributed by atoms with van der Waals surface area (Å²) in [6.07, 6.45) is 3.10. The third-order valence-corrected chi connectivity index (χ3v) is 5.96. The standard InChI is InChI=1S/C25H17Cl4N3O/c1-15-22(11-13-24(33)30-20-9-6-18(27)7-10-20)31-32(23-12-8-19(28)14-21(23)29)25(15)16-2-4-17(26)5-3-16/h2-14H,1H3,(H,30,33)/b13-11+. The van der Waals surface area contributed by atoms with Gasteiger partial charge in [-0.25, -0.2) is 4.68 Å². The summed E-state index contributed by atoms with van der Waals surface area (Å²) < 4.78 is 1.74. The lowest BCUT2D eigenvalue weighted by molar-refractivity contribution is -0.111. The molecular weight excluding hydrogens is 500 g/mol. The molecule has 0 aliphatic rings. The van der Waals surface area contributed by atoms with E-state index in [1.165, 1.54) is 6.08 Å².